The van der Waals surface area contributed by atoms with Crippen molar-refractivity contribution in [1.29, 1.82) is 0 Å². The summed E-state index contributed by atoms with van der Waals surface area (Å²) in [6.45, 7) is 6.55. The maximum Gasteiger partial charge on any atom is 0.0691 e. The summed E-state index contributed by atoms with van der Waals surface area (Å²) in [6.07, 6.45) is 10.0. The topological polar surface area (TPSA) is 12.0 Å². The van der Waals surface area contributed by atoms with Crippen molar-refractivity contribution in [1.82, 2.24) is 5.32 Å². The van der Waals surface area contributed by atoms with E-state index in [4.69, 9.17) is 6.42 Å². The Morgan fingerprint density at radius 3 is 2.33 bits per heavy atom. The van der Waals surface area contributed by atoms with Gasteiger partial charge in [0.1, 0.15) is 0 Å². The minimum absolute atomic E-state index is 0.181. The van der Waals surface area contributed by atoms with Gasteiger partial charge < -0.3 is 0 Å². The third-order valence-corrected chi connectivity index (χ3v) is 3.25. The molecule has 0 aliphatic carbocycles. The van der Waals surface area contributed by atoms with Gasteiger partial charge in [0.2, 0.25) is 0 Å². The zero-order valence-corrected chi connectivity index (χ0v) is 11.9. The monoisotopic (exact) mass is 243 g/mol. The van der Waals surface area contributed by atoms with Gasteiger partial charge >= 0.3 is 0 Å². The van der Waals surface area contributed by atoms with Gasteiger partial charge in [-0.3, -0.25) is 5.32 Å². The summed E-state index contributed by atoms with van der Waals surface area (Å²) < 4.78 is 0. The van der Waals surface area contributed by atoms with Crippen molar-refractivity contribution >= 4 is 0 Å². The number of hydrogen-bond donors (Lipinski definition) is 1. The van der Waals surface area contributed by atoms with E-state index in [2.05, 4.69) is 56.3 Å². The van der Waals surface area contributed by atoms with E-state index in [-0.39, 0.29) is 6.04 Å². The molecule has 0 aliphatic heterocycles. The second kappa shape index (κ2) is 7.95. The molecule has 0 saturated heterocycles. The molecule has 0 heterocycles. The molecule has 1 aromatic carbocycles. The second-order valence-corrected chi connectivity index (χ2v) is 4.89. The lowest BCUT2D eigenvalue weighted by molar-refractivity contribution is 0.495. The Bertz CT molecular complexity index is 372. The average Bonchev–Trinajstić information content (AvgIpc) is 2.39. The van der Waals surface area contributed by atoms with Crippen molar-refractivity contribution in [3.63, 3.8) is 0 Å². The molecule has 2 unspecified atom stereocenters. The van der Waals surface area contributed by atoms with Crippen LogP contribution >= 0.6 is 0 Å². The Labute approximate surface area is 112 Å². The highest BCUT2D eigenvalue weighted by Gasteiger charge is 2.10. The number of hydrogen-bond acceptors (Lipinski definition) is 1. The van der Waals surface area contributed by atoms with Crippen molar-refractivity contribution < 1.29 is 0 Å². The van der Waals surface area contributed by atoms with Crippen LogP contribution in [0, 0.1) is 12.3 Å². The first kappa shape index (κ1) is 14.8. The Morgan fingerprint density at radius 2 is 1.83 bits per heavy atom. The number of rotatable bonds is 7. The molecular formula is C17H25N. The third-order valence-electron chi connectivity index (χ3n) is 3.25. The van der Waals surface area contributed by atoms with Gasteiger partial charge in [-0.15, -0.1) is 6.42 Å². The summed E-state index contributed by atoms with van der Waals surface area (Å²) in [6, 6.07) is 9.36. The molecule has 1 N–H and O–H groups in total. The number of terminal acetylenes is 1. The van der Waals surface area contributed by atoms with Crippen LogP contribution in [-0.4, -0.2) is 6.04 Å². The van der Waals surface area contributed by atoms with Gasteiger partial charge in [0.05, 0.1) is 6.04 Å². The third kappa shape index (κ3) is 4.55. The summed E-state index contributed by atoms with van der Waals surface area (Å²) >= 11 is 0. The predicted octanol–water partition coefficient (Wildman–Crippen LogP) is 4.09. The van der Waals surface area contributed by atoms with Crippen LogP contribution in [0.15, 0.2) is 24.3 Å². The van der Waals surface area contributed by atoms with Gasteiger partial charge in [-0.2, -0.15) is 0 Å². The minimum atomic E-state index is 0.181. The van der Waals surface area contributed by atoms with Crippen molar-refractivity contribution in [2.45, 2.75) is 58.5 Å². The van der Waals surface area contributed by atoms with Crippen molar-refractivity contribution in [3.05, 3.63) is 35.4 Å². The fourth-order valence-corrected chi connectivity index (χ4v) is 2.16. The predicted molar refractivity (Wildman–Crippen MR) is 79.5 cm³/mol. The quantitative estimate of drug-likeness (QED) is 0.711. The van der Waals surface area contributed by atoms with Crippen molar-refractivity contribution in [2.75, 3.05) is 0 Å². The smallest absolute Gasteiger partial charge is 0.0691 e. The Balaban J connectivity index is 2.60. The lowest BCUT2D eigenvalue weighted by Gasteiger charge is -2.19. The first-order valence-corrected chi connectivity index (χ1v) is 7.02. The molecule has 0 aliphatic rings. The number of benzene rings is 1. The Hall–Kier alpha value is -1.26. The molecule has 1 heteroatoms. The Morgan fingerprint density at radius 1 is 1.17 bits per heavy atom. The molecule has 0 fully saturated rings. The standard InChI is InChI=1S/C17H25N/c1-5-8-15-10-12-16(13-11-15)14(4)18-17(7-3)9-6-2/h3,10-14,17-18H,5-6,8-9H2,1-2,4H3. The van der Waals surface area contributed by atoms with Gasteiger partial charge in [-0.25, -0.2) is 0 Å². The van der Waals surface area contributed by atoms with E-state index in [1.54, 1.807) is 0 Å². The van der Waals surface area contributed by atoms with Crippen LogP contribution in [-0.2, 0) is 6.42 Å². The molecule has 18 heavy (non-hydrogen) atoms. The van der Waals surface area contributed by atoms with Gasteiger partial charge in [0.25, 0.3) is 0 Å². The van der Waals surface area contributed by atoms with Crippen LogP contribution in [0.5, 0.6) is 0 Å². The van der Waals surface area contributed by atoms with Gasteiger partial charge in [0.15, 0.2) is 0 Å². The molecule has 0 radical (unpaired) electrons. The largest absolute Gasteiger partial charge is 0.297 e. The van der Waals surface area contributed by atoms with Crippen LogP contribution < -0.4 is 5.32 Å². The van der Waals surface area contributed by atoms with E-state index < -0.39 is 0 Å². The first-order chi connectivity index (χ1) is 8.71. The molecule has 0 saturated carbocycles. The molecule has 0 bridgehead atoms. The zero-order chi connectivity index (χ0) is 13.4. The van der Waals surface area contributed by atoms with E-state index in [0.29, 0.717) is 6.04 Å². The van der Waals surface area contributed by atoms with Gasteiger partial charge in [-0.05, 0) is 30.9 Å². The molecule has 2 atom stereocenters. The zero-order valence-electron chi connectivity index (χ0n) is 11.9. The lowest BCUT2D eigenvalue weighted by Crippen LogP contribution is -2.30. The molecule has 1 nitrogen and oxygen atoms in total. The highest BCUT2D eigenvalue weighted by Crippen LogP contribution is 2.15. The summed E-state index contributed by atoms with van der Waals surface area (Å²) in [7, 11) is 0. The summed E-state index contributed by atoms with van der Waals surface area (Å²) in [5, 5.41) is 3.50. The SMILES string of the molecule is C#CC(CCC)NC(C)c1ccc(CCC)cc1. The normalized spacial score (nSPS) is 13.9. The Kier molecular flexibility index (Phi) is 6.54. The van der Waals surface area contributed by atoms with Gasteiger partial charge in [-0.1, -0.05) is 56.9 Å². The fourth-order valence-electron chi connectivity index (χ4n) is 2.16. The van der Waals surface area contributed by atoms with E-state index in [1.807, 2.05) is 0 Å². The van der Waals surface area contributed by atoms with E-state index in [1.165, 1.54) is 17.5 Å². The number of aryl methyl sites for hydroxylation is 1. The first-order valence-electron chi connectivity index (χ1n) is 7.02. The molecule has 0 amide bonds. The summed E-state index contributed by atoms with van der Waals surface area (Å²) in [5.74, 6) is 2.82. The van der Waals surface area contributed by atoms with Gasteiger partial charge in [0, 0.05) is 6.04 Å². The molecule has 1 rings (SSSR count). The van der Waals surface area contributed by atoms with Crippen LogP contribution in [0.3, 0.4) is 0 Å². The molecule has 0 aromatic heterocycles. The highest BCUT2D eigenvalue weighted by molar-refractivity contribution is 5.25. The van der Waals surface area contributed by atoms with Crippen LogP contribution in [0.1, 0.15) is 57.2 Å². The van der Waals surface area contributed by atoms with Crippen molar-refractivity contribution in [2.24, 2.45) is 0 Å². The molecular weight excluding hydrogens is 218 g/mol. The summed E-state index contributed by atoms with van der Waals surface area (Å²) in [5.41, 5.74) is 2.72. The van der Waals surface area contributed by atoms with E-state index >= 15 is 0 Å². The van der Waals surface area contributed by atoms with Crippen molar-refractivity contribution in [3.8, 4) is 12.3 Å². The maximum atomic E-state index is 5.54. The van der Waals surface area contributed by atoms with E-state index in [9.17, 15) is 0 Å². The van der Waals surface area contributed by atoms with Crippen LogP contribution in [0.25, 0.3) is 0 Å². The average molecular weight is 243 g/mol. The molecule has 1 aromatic rings. The van der Waals surface area contributed by atoms with Crippen LogP contribution in [0.4, 0.5) is 0 Å². The highest BCUT2D eigenvalue weighted by atomic mass is 14.9. The van der Waals surface area contributed by atoms with E-state index in [0.717, 1.165) is 19.3 Å². The molecule has 98 valence electrons. The second-order valence-electron chi connectivity index (χ2n) is 4.89. The van der Waals surface area contributed by atoms with Crippen LogP contribution in [0.2, 0.25) is 0 Å². The lowest BCUT2D eigenvalue weighted by atomic mass is 10.0. The fraction of sp³-hybridized carbons (Fsp3) is 0.529. The maximum absolute atomic E-state index is 5.54. The molecule has 0 spiro atoms. The minimum Gasteiger partial charge on any atom is -0.297 e. The number of nitrogens with one attached hydrogen (secondary N) is 1. The summed E-state index contributed by atoms with van der Waals surface area (Å²) in [4.78, 5) is 0.